The van der Waals surface area contributed by atoms with Gasteiger partial charge in [0, 0.05) is 23.1 Å². The lowest BCUT2D eigenvalue weighted by molar-refractivity contribution is 0.475. The average molecular weight is 239 g/mol. The molecule has 0 saturated carbocycles. The zero-order chi connectivity index (χ0) is 12.5. The van der Waals surface area contributed by atoms with Gasteiger partial charge in [-0.25, -0.2) is 5.10 Å². The smallest absolute Gasteiger partial charge is 0.272 e. The molecule has 0 fully saturated rings. The van der Waals surface area contributed by atoms with Crippen molar-refractivity contribution in [1.82, 2.24) is 10.2 Å². The second-order valence-electron chi connectivity index (χ2n) is 4.02. The number of H-pyrrole nitrogens is 1. The lowest BCUT2D eigenvalue weighted by Gasteiger charge is -2.04. The van der Waals surface area contributed by atoms with E-state index >= 15 is 0 Å². The van der Waals surface area contributed by atoms with E-state index in [1.807, 2.05) is 30.3 Å². The number of nitrogens with one attached hydrogen (secondary N) is 1. The van der Waals surface area contributed by atoms with E-state index in [1.54, 1.807) is 18.2 Å². The van der Waals surface area contributed by atoms with Gasteiger partial charge in [0.25, 0.3) is 11.3 Å². The van der Waals surface area contributed by atoms with Crippen LogP contribution in [-0.4, -0.2) is 15.3 Å². The van der Waals surface area contributed by atoms with Gasteiger partial charge in [-0.2, -0.15) is 5.10 Å². The summed E-state index contributed by atoms with van der Waals surface area (Å²) in [5, 5.41) is 15.5. The first kappa shape index (κ1) is 10.5. The minimum Gasteiger partial charge on any atom is -0.593 e. The first-order chi connectivity index (χ1) is 8.75. The van der Waals surface area contributed by atoms with Crippen LogP contribution in [0, 0.1) is 0 Å². The van der Waals surface area contributed by atoms with Crippen molar-refractivity contribution in [2.45, 2.75) is 0 Å². The molecule has 3 aromatic rings. The average Bonchev–Trinajstić information content (AvgIpc) is 2.41. The summed E-state index contributed by atoms with van der Waals surface area (Å²) in [6.45, 7) is 0. The van der Waals surface area contributed by atoms with Gasteiger partial charge in [-0.15, -0.1) is 0 Å². The molecule has 0 spiro atoms. The van der Waals surface area contributed by atoms with Gasteiger partial charge in [0.05, 0.1) is 11.1 Å². The predicted octanol–water partition coefficient (Wildman–Crippen LogP) is 2.03. The molecule has 18 heavy (non-hydrogen) atoms. The Morgan fingerprint density at radius 3 is 2.33 bits per heavy atom. The first-order valence-corrected chi connectivity index (χ1v) is 5.55. The molecule has 4 heteroatoms. The van der Waals surface area contributed by atoms with Crippen molar-refractivity contribution in [1.29, 1.82) is 0 Å². The van der Waals surface area contributed by atoms with Crippen LogP contribution in [0.15, 0.2) is 53.3 Å². The Morgan fingerprint density at radius 1 is 0.944 bits per heavy atom. The maximum atomic E-state index is 11.7. The molecule has 4 nitrogen and oxygen atoms in total. The van der Waals surface area contributed by atoms with Crippen molar-refractivity contribution in [2.75, 3.05) is 0 Å². The largest absolute Gasteiger partial charge is 0.593 e. The van der Waals surface area contributed by atoms with Gasteiger partial charge < -0.3 is 5.11 Å². The third-order valence-electron chi connectivity index (χ3n) is 2.85. The molecule has 0 aliphatic rings. The molecule has 0 saturated heterocycles. The summed E-state index contributed by atoms with van der Waals surface area (Å²) in [5.41, 5.74) is 1.43. The van der Waals surface area contributed by atoms with E-state index < -0.39 is 0 Å². The standard InChI is InChI=1S/C14H10N2O2/c17-10-7-5-9(6-8-10)13-11-3-1-2-4-12(11)14(18)16-15-13/h1-8,17H,(H,16,18)/p+1. The van der Waals surface area contributed by atoms with Gasteiger partial charge in [-0.05, 0) is 18.2 Å². The van der Waals surface area contributed by atoms with Gasteiger partial charge in [0.15, 0.2) is 0 Å². The van der Waals surface area contributed by atoms with Crippen molar-refractivity contribution in [3.8, 4) is 17.0 Å². The highest BCUT2D eigenvalue weighted by Gasteiger charge is 2.08. The van der Waals surface area contributed by atoms with Crippen LogP contribution in [0.25, 0.3) is 22.0 Å². The lowest BCUT2D eigenvalue weighted by atomic mass is 10.1. The lowest BCUT2D eigenvalue weighted by Crippen LogP contribution is -2.09. The number of hydrogen-bond acceptors (Lipinski definition) is 2. The summed E-state index contributed by atoms with van der Waals surface area (Å²) < 4.78 is 0. The Kier molecular flexibility index (Phi) is 2.34. The van der Waals surface area contributed by atoms with Crippen molar-refractivity contribution >= 4 is 10.8 Å². The quantitative estimate of drug-likeness (QED) is 0.660. The van der Waals surface area contributed by atoms with Crippen molar-refractivity contribution in [3.63, 3.8) is 0 Å². The van der Waals surface area contributed by atoms with Crippen molar-refractivity contribution in [2.24, 2.45) is 0 Å². The molecule has 1 heterocycles. The number of fused-ring (bicyclic) bond motifs is 1. The first-order valence-electron chi connectivity index (χ1n) is 5.55. The predicted molar refractivity (Wildman–Crippen MR) is 70.9 cm³/mol. The van der Waals surface area contributed by atoms with Crippen LogP contribution in [0.5, 0.6) is 5.75 Å². The Morgan fingerprint density at radius 2 is 1.61 bits per heavy atom. The summed E-state index contributed by atoms with van der Waals surface area (Å²) in [4.78, 5) is 11.7. The number of hydrogen-bond donors (Lipinski definition) is 1. The molecule has 1 aromatic heterocycles. The highest BCUT2D eigenvalue weighted by atomic mass is 16.3. The molecule has 0 amide bonds. The third-order valence-corrected chi connectivity index (χ3v) is 2.85. The molecule has 0 radical (unpaired) electrons. The maximum Gasteiger partial charge on any atom is 0.272 e. The van der Waals surface area contributed by atoms with Gasteiger partial charge >= 0.3 is 0 Å². The van der Waals surface area contributed by atoms with Crippen LogP contribution < -0.4 is 5.56 Å². The summed E-state index contributed by atoms with van der Waals surface area (Å²) in [5.74, 6) is 0.451. The van der Waals surface area contributed by atoms with E-state index in [4.69, 9.17) is 5.11 Å². The third kappa shape index (κ3) is 1.64. The fraction of sp³-hybridized carbons (Fsp3) is 0. The molecule has 3 N–H and O–H groups in total. The number of aromatic nitrogens is 2. The van der Waals surface area contributed by atoms with Crippen LogP contribution in [0.1, 0.15) is 0 Å². The summed E-state index contributed by atoms with van der Waals surface area (Å²) in [6.07, 6.45) is 0. The minimum atomic E-state index is -0.188. The van der Waals surface area contributed by atoms with Gasteiger partial charge in [-0.3, -0.25) is 4.79 Å². The molecular formula is C14H11N2O2+. The molecule has 0 bridgehead atoms. The zero-order valence-electron chi connectivity index (χ0n) is 9.47. The molecular weight excluding hydrogens is 228 g/mol. The highest BCUT2D eigenvalue weighted by molar-refractivity contribution is 5.93. The van der Waals surface area contributed by atoms with Crippen LogP contribution in [0.3, 0.4) is 0 Å². The Hall–Kier alpha value is -2.62. The molecule has 3 rings (SSSR count). The monoisotopic (exact) mass is 239 g/mol. The Labute approximate surface area is 103 Å². The maximum absolute atomic E-state index is 11.7. The van der Waals surface area contributed by atoms with Crippen molar-refractivity contribution in [3.05, 3.63) is 58.9 Å². The highest BCUT2D eigenvalue weighted by Crippen LogP contribution is 2.25. The summed E-state index contributed by atoms with van der Waals surface area (Å²) in [6, 6.07) is 14.4. The molecule has 0 atom stereocenters. The zero-order valence-corrected chi connectivity index (χ0v) is 9.47. The Balaban J connectivity index is 2.33. The van der Waals surface area contributed by atoms with E-state index in [0.717, 1.165) is 16.6 Å². The van der Waals surface area contributed by atoms with Gasteiger partial charge in [-0.1, -0.05) is 18.2 Å². The van der Waals surface area contributed by atoms with Crippen molar-refractivity contribution < 1.29 is 5.11 Å². The number of aromatic amines is 1. The van der Waals surface area contributed by atoms with Crippen LogP contribution in [0.4, 0.5) is 0 Å². The second-order valence-corrected chi connectivity index (χ2v) is 4.02. The number of nitrogens with zero attached hydrogens (tertiary/aromatic N) is 1. The minimum absolute atomic E-state index is 0.188. The van der Waals surface area contributed by atoms with E-state index in [-0.39, 0.29) is 5.56 Å². The van der Waals surface area contributed by atoms with E-state index in [2.05, 4.69) is 10.2 Å². The van der Waals surface area contributed by atoms with Gasteiger partial charge in [0.2, 0.25) is 0 Å². The molecule has 2 aromatic carbocycles. The fourth-order valence-corrected chi connectivity index (χ4v) is 1.96. The fourth-order valence-electron chi connectivity index (χ4n) is 1.96. The van der Waals surface area contributed by atoms with Crippen LogP contribution in [-0.2, 0) is 0 Å². The van der Waals surface area contributed by atoms with E-state index in [1.165, 1.54) is 0 Å². The number of benzene rings is 2. The second kappa shape index (κ2) is 4.00. The van der Waals surface area contributed by atoms with Crippen LogP contribution >= 0.6 is 0 Å². The normalized spacial score (nSPS) is 10.7. The topological polar surface area (TPSA) is 68.7 Å². The van der Waals surface area contributed by atoms with Crippen LogP contribution in [0.2, 0.25) is 0 Å². The molecule has 0 unspecified atom stereocenters. The van der Waals surface area contributed by atoms with E-state index in [0.29, 0.717) is 11.1 Å². The SMILES string of the molecule is O=c1[nH]nc(-c2ccc([OH2+])cc2)c2ccccc12. The van der Waals surface area contributed by atoms with Gasteiger partial charge in [0.1, 0.15) is 0 Å². The summed E-state index contributed by atoms with van der Waals surface area (Å²) in [7, 11) is 0. The van der Waals surface area contributed by atoms with E-state index in [9.17, 15) is 4.79 Å². The Bertz CT molecular complexity index is 761. The molecule has 0 aliphatic carbocycles. The summed E-state index contributed by atoms with van der Waals surface area (Å²) >= 11 is 0. The number of rotatable bonds is 1. The molecule has 88 valence electrons. The molecule has 0 aliphatic heterocycles.